The summed E-state index contributed by atoms with van der Waals surface area (Å²) in [4.78, 5) is 14.2. The van der Waals surface area contributed by atoms with Crippen molar-refractivity contribution in [3.8, 4) is 0 Å². The highest BCUT2D eigenvalue weighted by Gasteiger charge is 1.97. The van der Waals surface area contributed by atoms with Crippen molar-refractivity contribution in [2.24, 2.45) is 0 Å². The second kappa shape index (κ2) is 2.20. The van der Waals surface area contributed by atoms with Crippen LogP contribution in [0.2, 0.25) is 0 Å². The van der Waals surface area contributed by atoms with Crippen molar-refractivity contribution < 1.29 is 9.21 Å². The molecule has 0 aliphatic carbocycles. The van der Waals surface area contributed by atoms with Crippen LogP contribution in [0.4, 0.5) is 0 Å². The van der Waals surface area contributed by atoms with E-state index < -0.39 is 0 Å². The van der Waals surface area contributed by atoms with E-state index in [1.165, 1.54) is 6.39 Å². The van der Waals surface area contributed by atoms with E-state index in [1.54, 1.807) is 18.2 Å². The molecule has 1 heterocycles. The summed E-state index contributed by atoms with van der Waals surface area (Å²) >= 11 is 0. The SMILES string of the molecule is O=Cc1ccc2ncoc2c1. The lowest BCUT2D eigenvalue weighted by Gasteiger charge is -1.86. The predicted octanol–water partition coefficient (Wildman–Crippen LogP) is 1.64. The minimum absolute atomic E-state index is 0.606. The van der Waals surface area contributed by atoms with E-state index in [0.29, 0.717) is 11.1 Å². The van der Waals surface area contributed by atoms with Gasteiger partial charge in [-0.1, -0.05) is 0 Å². The van der Waals surface area contributed by atoms with Crippen molar-refractivity contribution in [3.63, 3.8) is 0 Å². The second-order valence-electron chi connectivity index (χ2n) is 2.20. The summed E-state index contributed by atoms with van der Waals surface area (Å²) in [6, 6.07) is 5.12. The molecule has 1 aromatic carbocycles. The van der Waals surface area contributed by atoms with E-state index in [1.807, 2.05) is 0 Å². The fraction of sp³-hybridized carbons (Fsp3) is 0. The second-order valence-corrected chi connectivity index (χ2v) is 2.20. The van der Waals surface area contributed by atoms with Gasteiger partial charge in [0.25, 0.3) is 0 Å². The lowest BCUT2D eigenvalue weighted by Crippen LogP contribution is -1.76. The van der Waals surface area contributed by atoms with Crippen molar-refractivity contribution in [1.82, 2.24) is 4.98 Å². The molecule has 0 fully saturated rings. The lowest BCUT2D eigenvalue weighted by atomic mass is 10.2. The Labute approximate surface area is 62.7 Å². The van der Waals surface area contributed by atoms with Gasteiger partial charge in [0, 0.05) is 5.56 Å². The average Bonchev–Trinajstić information content (AvgIpc) is 2.50. The molecule has 0 spiro atoms. The van der Waals surface area contributed by atoms with Crippen molar-refractivity contribution in [3.05, 3.63) is 30.2 Å². The molecular formula is C8H5NO2. The maximum Gasteiger partial charge on any atom is 0.181 e. The Morgan fingerprint density at radius 3 is 3.18 bits per heavy atom. The molecule has 54 valence electrons. The first kappa shape index (κ1) is 6.09. The van der Waals surface area contributed by atoms with E-state index in [-0.39, 0.29) is 0 Å². The standard InChI is InChI=1S/C8H5NO2/c10-4-6-1-2-7-8(3-6)11-5-9-7/h1-5H. The quantitative estimate of drug-likeness (QED) is 0.576. The highest BCUT2D eigenvalue weighted by atomic mass is 16.3. The Balaban J connectivity index is 2.76. The first-order valence-electron chi connectivity index (χ1n) is 3.18. The Bertz CT molecular complexity index is 392. The molecule has 0 aliphatic heterocycles. The van der Waals surface area contributed by atoms with Crippen LogP contribution in [0.25, 0.3) is 11.1 Å². The molecular weight excluding hydrogens is 142 g/mol. The maximum absolute atomic E-state index is 10.3. The van der Waals surface area contributed by atoms with Crippen LogP contribution in [0.5, 0.6) is 0 Å². The molecule has 0 aliphatic rings. The molecule has 0 amide bonds. The molecule has 0 atom stereocenters. The monoisotopic (exact) mass is 147 g/mol. The van der Waals surface area contributed by atoms with E-state index in [9.17, 15) is 4.79 Å². The Morgan fingerprint density at radius 1 is 1.45 bits per heavy atom. The van der Waals surface area contributed by atoms with Crippen molar-refractivity contribution in [2.45, 2.75) is 0 Å². The number of benzene rings is 1. The lowest BCUT2D eigenvalue weighted by molar-refractivity contribution is 0.112. The van der Waals surface area contributed by atoms with Gasteiger partial charge < -0.3 is 4.42 Å². The van der Waals surface area contributed by atoms with E-state index in [4.69, 9.17) is 4.42 Å². The Hall–Kier alpha value is -1.64. The first-order valence-corrected chi connectivity index (χ1v) is 3.18. The van der Waals surface area contributed by atoms with Crippen LogP contribution >= 0.6 is 0 Å². The Kier molecular flexibility index (Phi) is 1.22. The summed E-state index contributed by atoms with van der Waals surface area (Å²) in [5, 5.41) is 0. The maximum atomic E-state index is 10.3. The number of nitrogens with zero attached hydrogens (tertiary/aromatic N) is 1. The smallest absolute Gasteiger partial charge is 0.181 e. The normalized spacial score (nSPS) is 10.2. The molecule has 2 rings (SSSR count). The van der Waals surface area contributed by atoms with Crippen molar-refractivity contribution in [1.29, 1.82) is 0 Å². The molecule has 3 heteroatoms. The summed E-state index contributed by atoms with van der Waals surface area (Å²) in [5.74, 6) is 0. The van der Waals surface area contributed by atoms with Gasteiger partial charge in [-0.05, 0) is 18.2 Å². The highest BCUT2D eigenvalue weighted by molar-refractivity contribution is 5.83. The van der Waals surface area contributed by atoms with Gasteiger partial charge in [-0.15, -0.1) is 0 Å². The van der Waals surface area contributed by atoms with Crippen molar-refractivity contribution in [2.75, 3.05) is 0 Å². The van der Waals surface area contributed by atoms with E-state index >= 15 is 0 Å². The van der Waals surface area contributed by atoms with Crippen LogP contribution in [0.3, 0.4) is 0 Å². The van der Waals surface area contributed by atoms with Gasteiger partial charge in [-0.2, -0.15) is 0 Å². The number of oxazole rings is 1. The molecule has 0 radical (unpaired) electrons. The van der Waals surface area contributed by atoms with Crippen LogP contribution in [0.15, 0.2) is 29.0 Å². The molecule has 0 N–H and O–H groups in total. The van der Waals surface area contributed by atoms with Crippen LogP contribution in [0.1, 0.15) is 10.4 Å². The number of carbonyl (C=O) groups is 1. The average molecular weight is 147 g/mol. The van der Waals surface area contributed by atoms with Crippen LogP contribution in [0, 0.1) is 0 Å². The zero-order valence-electron chi connectivity index (χ0n) is 5.65. The number of rotatable bonds is 1. The van der Waals surface area contributed by atoms with Crippen molar-refractivity contribution >= 4 is 17.4 Å². The van der Waals surface area contributed by atoms with Gasteiger partial charge >= 0.3 is 0 Å². The fourth-order valence-electron chi connectivity index (χ4n) is 0.945. The van der Waals surface area contributed by atoms with Gasteiger partial charge in [0.15, 0.2) is 12.0 Å². The molecule has 0 saturated carbocycles. The number of aromatic nitrogens is 1. The minimum atomic E-state index is 0.606. The predicted molar refractivity (Wildman–Crippen MR) is 39.4 cm³/mol. The van der Waals surface area contributed by atoms with E-state index in [0.717, 1.165) is 11.8 Å². The van der Waals surface area contributed by atoms with Gasteiger partial charge in [-0.25, -0.2) is 4.98 Å². The molecule has 3 nitrogen and oxygen atoms in total. The Morgan fingerprint density at radius 2 is 2.36 bits per heavy atom. The third-order valence-electron chi connectivity index (χ3n) is 1.49. The van der Waals surface area contributed by atoms with Crippen LogP contribution < -0.4 is 0 Å². The fourth-order valence-corrected chi connectivity index (χ4v) is 0.945. The highest BCUT2D eigenvalue weighted by Crippen LogP contribution is 2.12. The molecule has 0 bridgehead atoms. The third kappa shape index (κ3) is 0.902. The summed E-state index contributed by atoms with van der Waals surface area (Å²) in [6.45, 7) is 0. The molecule has 11 heavy (non-hydrogen) atoms. The molecule has 1 aromatic heterocycles. The summed E-state index contributed by atoms with van der Waals surface area (Å²) < 4.78 is 4.99. The van der Waals surface area contributed by atoms with Crippen LogP contribution in [-0.4, -0.2) is 11.3 Å². The number of aldehydes is 1. The zero-order chi connectivity index (χ0) is 7.68. The van der Waals surface area contributed by atoms with Gasteiger partial charge in [0.2, 0.25) is 0 Å². The van der Waals surface area contributed by atoms with Gasteiger partial charge in [-0.3, -0.25) is 4.79 Å². The van der Waals surface area contributed by atoms with E-state index in [2.05, 4.69) is 4.98 Å². The van der Waals surface area contributed by atoms with Gasteiger partial charge in [0.1, 0.15) is 11.8 Å². The number of hydrogen-bond acceptors (Lipinski definition) is 3. The largest absolute Gasteiger partial charge is 0.443 e. The molecule has 0 saturated heterocycles. The zero-order valence-corrected chi connectivity index (χ0v) is 5.65. The number of hydrogen-bond donors (Lipinski definition) is 0. The summed E-state index contributed by atoms with van der Waals surface area (Å²) in [5.41, 5.74) is 2.03. The molecule has 0 unspecified atom stereocenters. The topological polar surface area (TPSA) is 43.1 Å². The van der Waals surface area contributed by atoms with Crippen LogP contribution in [-0.2, 0) is 0 Å². The minimum Gasteiger partial charge on any atom is -0.443 e. The summed E-state index contributed by atoms with van der Waals surface area (Å²) in [6.07, 6.45) is 2.14. The third-order valence-corrected chi connectivity index (χ3v) is 1.49. The number of carbonyl (C=O) groups excluding carboxylic acids is 1. The van der Waals surface area contributed by atoms with Gasteiger partial charge in [0.05, 0.1) is 0 Å². The number of fused-ring (bicyclic) bond motifs is 1. The summed E-state index contributed by atoms with van der Waals surface area (Å²) in [7, 11) is 0. The first-order chi connectivity index (χ1) is 5.40. The molecule has 2 aromatic rings.